The molecule has 0 bridgehead atoms. The van der Waals surface area contributed by atoms with Crippen LogP contribution >= 0.6 is 46.4 Å². The molecule has 0 atom stereocenters. The number of hydrogen-bond donors (Lipinski definition) is 0. The number of halogens is 4. The van der Waals surface area contributed by atoms with Gasteiger partial charge in [-0.25, -0.2) is 0 Å². The zero-order valence-corrected chi connectivity index (χ0v) is 10.9. The van der Waals surface area contributed by atoms with Crippen molar-refractivity contribution >= 4 is 46.4 Å². The van der Waals surface area contributed by atoms with E-state index in [2.05, 4.69) is 6.07 Å². The van der Waals surface area contributed by atoms with Crippen LogP contribution in [0.1, 0.15) is 0 Å². The molecule has 0 aromatic heterocycles. The molecule has 0 amide bonds. The van der Waals surface area contributed by atoms with Crippen LogP contribution in [0.15, 0.2) is 30.3 Å². The fourth-order valence-electron chi connectivity index (χ4n) is 1.39. The van der Waals surface area contributed by atoms with E-state index >= 15 is 0 Å². The van der Waals surface area contributed by atoms with Gasteiger partial charge in [0, 0.05) is 32.3 Å². The summed E-state index contributed by atoms with van der Waals surface area (Å²) in [5, 5.41) is 2.05. The van der Waals surface area contributed by atoms with Crippen molar-refractivity contribution in [3.63, 3.8) is 0 Å². The molecular weight excluding hydrogens is 286 g/mol. The molecule has 0 spiro atoms. The summed E-state index contributed by atoms with van der Waals surface area (Å²) in [6, 6.07) is 11.4. The lowest BCUT2D eigenvalue weighted by Gasteiger charge is -2.09. The summed E-state index contributed by atoms with van der Waals surface area (Å²) >= 11 is 24.1. The van der Waals surface area contributed by atoms with Crippen molar-refractivity contribution < 1.29 is 0 Å². The van der Waals surface area contributed by atoms with Crippen molar-refractivity contribution in [1.29, 1.82) is 0 Å². The van der Waals surface area contributed by atoms with Crippen molar-refractivity contribution in [3.8, 4) is 11.1 Å². The van der Waals surface area contributed by atoms with E-state index in [1.165, 1.54) is 0 Å². The molecule has 0 heterocycles. The average molecular weight is 291 g/mol. The van der Waals surface area contributed by atoms with E-state index in [0.717, 1.165) is 0 Å². The molecule has 0 saturated carbocycles. The van der Waals surface area contributed by atoms with Crippen LogP contribution in [0.25, 0.3) is 11.1 Å². The van der Waals surface area contributed by atoms with E-state index < -0.39 is 0 Å². The quantitative estimate of drug-likeness (QED) is 0.626. The van der Waals surface area contributed by atoms with Crippen molar-refractivity contribution in [2.24, 2.45) is 0 Å². The van der Waals surface area contributed by atoms with Crippen LogP contribution < -0.4 is 0 Å². The monoisotopic (exact) mass is 289 g/mol. The maximum absolute atomic E-state index is 6.09. The van der Waals surface area contributed by atoms with Crippen LogP contribution in [0.2, 0.25) is 20.1 Å². The Bertz CT molecular complexity index is 514. The van der Waals surface area contributed by atoms with Crippen molar-refractivity contribution in [1.82, 2.24) is 0 Å². The summed E-state index contributed by atoms with van der Waals surface area (Å²) in [6.45, 7) is 0. The summed E-state index contributed by atoms with van der Waals surface area (Å²) < 4.78 is 0. The molecule has 2 rings (SSSR count). The molecule has 0 aliphatic carbocycles. The Morgan fingerprint density at radius 3 is 2.19 bits per heavy atom. The van der Waals surface area contributed by atoms with Crippen LogP contribution in [-0.2, 0) is 0 Å². The van der Waals surface area contributed by atoms with E-state index in [0.29, 0.717) is 31.2 Å². The molecule has 16 heavy (non-hydrogen) atoms. The van der Waals surface area contributed by atoms with Gasteiger partial charge in [-0.3, -0.25) is 0 Å². The highest BCUT2D eigenvalue weighted by molar-refractivity contribution is 6.41. The number of hydrogen-bond acceptors (Lipinski definition) is 0. The Kier molecular flexibility index (Phi) is 3.66. The smallest absolute Gasteiger partial charge is 0.0565 e. The Labute approximate surface area is 114 Å². The van der Waals surface area contributed by atoms with Crippen molar-refractivity contribution in [2.75, 3.05) is 0 Å². The molecule has 0 nitrogen and oxygen atoms in total. The van der Waals surface area contributed by atoms with Crippen LogP contribution in [0, 0.1) is 6.07 Å². The van der Waals surface area contributed by atoms with E-state index in [1.54, 1.807) is 30.3 Å². The second kappa shape index (κ2) is 4.85. The summed E-state index contributed by atoms with van der Waals surface area (Å²) in [5.41, 5.74) is 1.36. The zero-order chi connectivity index (χ0) is 11.7. The van der Waals surface area contributed by atoms with Gasteiger partial charge in [0.25, 0.3) is 0 Å². The molecule has 1 radical (unpaired) electrons. The van der Waals surface area contributed by atoms with Gasteiger partial charge in [0.2, 0.25) is 0 Å². The molecule has 0 aliphatic rings. The van der Waals surface area contributed by atoms with Crippen LogP contribution in [0.4, 0.5) is 0 Å². The second-order valence-corrected chi connectivity index (χ2v) is 4.77. The van der Waals surface area contributed by atoms with Gasteiger partial charge in [0.05, 0.1) is 5.02 Å². The molecule has 81 valence electrons. The van der Waals surface area contributed by atoms with E-state index in [1.807, 2.05) is 0 Å². The fraction of sp³-hybridized carbons (Fsp3) is 0. The normalized spacial score (nSPS) is 10.5. The molecule has 0 saturated heterocycles. The molecule has 0 unspecified atom stereocenters. The first-order chi connectivity index (χ1) is 7.59. The lowest BCUT2D eigenvalue weighted by atomic mass is 10.1. The van der Waals surface area contributed by atoms with Gasteiger partial charge in [-0.2, -0.15) is 0 Å². The van der Waals surface area contributed by atoms with Crippen molar-refractivity contribution in [3.05, 3.63) is 56.5 Å². The minimum Gasteiger partial charge on any atom is -0.0843 e. The first-order valence-corrected chi connectivity index (χ1v) is 5.92. The number of benzene rings is 2. The largest absolute Gasteiger partial charge is 0.0843 e. The predicted molar refractivity (Wildman–Crippen MR) is 70.8 cm³/mol. The Morgan fingerprint density at radius 1 is 0.938 bits per heavy atom. The molecule has 2 aromatic rings. The summed E-state index contributed by atoms with van der Waals surface area (Å²) in [4.78, 5) is 0. The minimum atomic E-state index is 0.444. The molecule has 2 aromatic carbocycles. The lowest BCUT2D eigenvalue weighted by Crippen LogP contribution is -1.83. The topological polar surface area (TPSA) is 0 Å². The average Bonchev–Trinajstić information content (AvgIpc) is 2.23. The molecule has 4 heteroatoms. The van der Waals surface area contributed by atoms with Gasteiger partial charge >= 0.3 is 0 Å². The van der Waals surface area contributed by atoms with Gasteiger partial charge in [-0.15, -0.1) is 0 Å². The van der Waals surface area contributed by atoms with Gasteiger partial charge in [-0.05, 0) is 24.3 Å². The second-order valence-electron chi connectivity index (χ2n) is 3.14. The van der Waals surface area contributed by atoms with Gasteiger partial charge in [-0.1, -0.05) is 52.5 Å². The highest BCUT2D eigenvalue weighted by Crippen LogP contribution is 2.39. The predicted octanol–water partition coefficient (Wildman–Crippen LogP) is 5.77. The summed E-state index contributed by atoms with van der Waals surface area (Å²) in [7, 11) is 0. The summed E-state index contributed by atoms with van der Waals surface area (Å²) in [6.07, 6.45) is 0. The standard InChI is InChI=1S/C12H5Cl4/c13-7-4-5-9(14)8(6-7)12-10(15)2-1-3-11(12)16/h1-4,6H. The molecular formula is C12H5Cl4. The summed E-state index contributed by atoms with van der Waals surface area (Å²) in [5.74, 6) is 0. The van der Waals surface area contributed by atoms with Crippen LogP contribution in [0.5, 0.6) is 0 Å². The van der Waals surface area contributed by atoms with Gasteiger partial charge in [0.1, 0.15) is 0 Å². The zero-order valence-electron chi connectivity index (χ0n) is 7.90. The molecule has 0 fully saturated rings. The Morgan fingerprint density at radius 2 is 1.56 bits per heavy atom. The van der Waals surface area contributed by atoms with E-state index in [4.69, 9.17) is 46.4 Å². The minimum absolute atomic E-state index is 0.444. The molecule has 0 N–H and O–H groups in total. The first kappa shape index (κ1) is 12.1. The van der Waals surface area contributed by atoms with Crippen LogP contribution in [0.3, 0.4) is 0 Å². The highest BCUT2D eigenvalue weighted by Gasteiger charge is 2.12. The van der Waals surface area contributed by atoms with Crippen LogP contribution in [-0.4, -0.2) is 0 Å². The van der Waals surface area contributed by atoms with E-state index in [-0.39, 0.29) is 0 Å². The lowest BCUT2D eigenvalue weighted by molar-refractivity contribution is 1.61. The molecule has 0 aliphatic heterocycles. The van der Waals surface area contributed by atoms with E-state index in [9.17, 15) is 0 Å². The Balaban J connectivity index is 2.72. The third-order valence-electron chi connectivity index (χ3n) is 2.09. The maximum atomic E-state index is 6.09. The maximum Gasteiger partial charge on any atom is 0.0565 e. The van der Waals surface area contributed by atoms with Gasteiger partial charge in [0.15, 0.2) is 0 Å². The highest BCUT2D eigenvalue weighted by atomic mass is 35.5. The Hall–Kier alpha value is -0.400. The third-order valence-corrected chi connectivity index (χ3v) is 3.25. The SMILES string of the molecule is Clc1c[c]c(Cl)c(-c2c(Cl)cccc2Cl)c1. The number of rotatable bonds is 1. The van der Waals surface area contributed by atoms with Gasteiger partial charge < -0.3 is 0 Å². The van der Waals surface area contributed by atoms with Crippen molar-refractivity contribution in [2.45, 2.75) is 0 Å². The third kappa shape index (κ3) is 2.31. The first-order valence-electron chi connectivity index (χ1n) is 4.40. The fourth-order valence-corrected chi connectivity index (χ4v) is 2.36.